The highest BCUT2D eigenvalue weighted by molar-refractivity contribution is 5.83. The van der Waals surface area contributed by atoms with Crippen LogP contribution in [0.1, 0.15) is 29.7 Å². The van der Waals surface area contributed by atoms with E-state index in [1.165, 1.54) is 11.1 Å². The lowest BCUT2D eigenvalue weighted by Gasteiger charge is -2.32. The number of aryl methyl sites for hydroxylation is 3. The lowest BCUT2D eigenvalue weighted by Crippen LogP contribution is -2.45. The molecule has 3 heterocycles. The van der Waals surface area contributed by atoms with Gasteiger partial charge in [0.1, 0.15) is 0 Å². The molecule has 1 aromatic heterocycles. The minimum atomic E-state index is -0.0335. The van der Waals surface area contributed by atoms with Crippen molar-refractivity contribution >= 4 is 22.8 Å². The first-order valence-electron chi connectivity index (χ1n) is 10.5. The van der Waals surface area contributed by atoms with E-state index >= 15 is 0 Å². The number of fused-ring (bicyclic) bond motifs is 1. The summed E-state index contributed by atoms with van der Waals surface area (Å²) < 4.78 is 11.0. The molecule has 2 aliphatic heterocycles. The number of ether oxygens (including phenoxy) is 2. The minimum absolute atomic E-state index is 0.0298. The van der Waals surface area contributed by atoms with Crippen molar-refractivity contribution in [2.45, 2.75) is 39.7 Å². The van der Waals surface area contributed by atoms with Gasteiger partial charge in [0.2, 0.25) is 11.9 Å². The normalized spacial score (nSPS) is 20.8. The van der Waals surface area contributed by atoms with Crippen molar-refractivity contribution in [2.75, 3.05) is 44.4 Å². The van der Waals surface area contributed by atoms with Crippen LogP contribution < -0.4 is 10.2 Å². The molecule has 1 aromatic carbocycles. The smallest absolute Gasteiger partial charge is 0.226 e. The fraction of sp³-hybridized carbons (Fsp3) is 0.591. The van der Waals surface area contributed by atoms with Crippen molar-refractivity contribution in [3.63, 3.8) is 0 Å². The number of nitrogens with zero attached hydrogens (tertiary/aromatic N) is 3. The van der Waals surface area contributed by atoms with E-state index in [1.807, 2.05) is 6.92 Å². The number of piperidine rings is 1. The second-order valence-electron chi connectivity index (χ2n) is 8.14. The molecule has 29 heavy (non-hydrogen) atoms. The van der Waals surface area contributed by atoms with E-state index in [0.717, 1.165) is 48.5 Å². The SMILES string of the molecule is Cc1cc2nc(N3CCC(C(=O)NC[C@H]4COCCO4)CC3)nc(C)c2cc1C. The molecule has 2 saturated heterocycles. The third kappa shape index (κ3) is 4.51. The maximum atomic E-state index is 12.5. The molecule has 1 amide bonds. The average molecular weight is 399 g/mol. The van der Waals surface area contributed by atoms with Gasteiger partial charge in [0.25, 0.3) is 0 Å². The zero-order valence-corrected chi connectivity index (χ0v) is 17.5. The largest absolute Gasteiger partial charge is 0.376 e. The fourth-order valence-corrected chi connectivity index (χ4v) is 4.02. The summed E-state index contributed by atoms with van der Waals surface area (Å²) in [4.78, 5) is 24.3. The van der Waals surface area contributed by atoms with E-state index in [2.05, 4.69) is 36.2 Å². The summed E-state index contributed by atoms with van der Waals surface area (Å²) in [6.07, 6.45) is 1.58. The Balaban J connectivity index is 1.36. The number of carbonyl (C=O) groups is 1. The fourth-order valence-electron chi connectivity index (χ4n) is 4.02. The number of aromatic nitrogens is 2. The highest BCUT2D eigenvalue weighted by Crippen LogP contribution is 2.26. The number of hydrogen-bond acceptors (Lipinski definition) is 6. The number of anilines is 1. The molecule has 2 aliphatic rings. The predicted octanol–water partition coefficient (Wildman–Crippen LogP) is 2.30. The number of rotatable bonds is 4. The first-order valence-corrected chi connectivity index (χ1v) is 10.5. The highest BCUT2D eigenvalue weighted by atomic mass is 16.6. The number of carbonyl (C=O) groups excluding carboxylic acids is 1. The van der Waals surface area contributed by atoms with Crippen LogP contribution in [0.2, 0.25) is 0 Å². The third-order valence-electron chi connectivity index (χ3n) is 6.03. The van der Waals surface area contributed by atoms with Gasteiger partial charge in [-0.2, -0.15) is 0 Å². The van der Waals surface area contributed by atoms with Crippen LogP contribution in [0.5, 0.6) is 0 Å². The van der Waals surface area contributed by atoms with E-state index in [9.17, 15) is 4.79 Å². The molecule has 156 valence electrons. The van der Waals surface area contributed by atoms with E-state index in [1.54, 1.807) is 0 Å². The van der Waals surface area contributed by atoms with Crippen LogP contribution in [-0.2, 0) is 14.3 Å². The number of benzene rings is 1. The number of amides is 1. The van der Waals surface area contributed by atoms with Gasteiger partial charge in [0, 0.05) is 30.9 Å². The van der Waals surface area contributed by atoms with Gasteiger partial charge in [0.15, 0.2) is 0 Å². The predicted molar refractivity (Wildman–Crippen MR) is 112 cm³/mol. The second-order valence-corrected chi connectivity index (χ2v) is 8.14. The molecule has 1 atom stereocenters. The Morgan fingerprint density at radius 1 is 1.14 bits per heavy atom. The van der Waals surface area contributed by atoms with Gasteiger partial charge in [-0.05, 0) is 56.9 Å². The summed E-state index contributed by atoms with van der Waals surface area (Å²) in [5, 5.41) is 4.14. The summed E-state index contributed by atoms with van der Waals surface area (Å²) in [7, 11) is 0. The van der Waals surface area contributed by atoms with E-state index in [0.29, 0.717) is 26.4 Å². The first kappa shape index (κ1) is 20.0. The zero-order valence-electron chi connectivity index (χ0n) is 17.5. The molecule has 0 spiro atoms. The van der Waals surface area contributed by atoms with Gasteiger partial charge < -0.3 is 19.7 Å². The summed E-state index contributed by atoms with van der Waals surface area (Å²) in [6, 6.07) is 4.31. The van der Waals surface area contributed by atoms with Crippen LogP contribution >= 0.6 is 0 Å². The zero-order chi connectivity index (χ0) is 20.4. The highest BCUT2D eigenvalue weighted by Gasteiger charge is 2.27. The molecule has 2 fully saturated rings. The van der Waals surface area contributed by atoms with Gasteiger partial charge in [-0.3, -0.25) is 4.79 Å². The molecule has 0 saturated carbocycles. The van der Waals surface area contributed by atoms with E-state index < -0.39 is 0 Å². The van der Waals surface area contributed by atoms with Crippen molar-refractivity contribution in [2.24, 2.45) is 5.92 Å². The maximum Gasteiger partial charge on any atom is 0.226 e. The Morgan fingerprint density at radius 3 is 2.62 bits per heavy atom. The van der Waals surface area contributed by atoms with Crippen LogP contribution in [0.3, 0.4) is 0 Å². The Kier molecular flexibility index (Phi) is 5.96. The maximum absolute atomic E-state index is 12.5. The quantitative estimate of drug-likeness (QED) is 0.852. The van der Waals surface area contributed by atoms with Crippen molar-refractivity contribution in [3.05, 3.63) is 29.0 Å². The van der Waals surface area contributed by atoms with Crippen LogP contribution in [0.4, 0.5) is 5.95 Å². The van der Waals surface area contributed by atoms with Gasteiger partial charge in [-0.25, -0.2) is 9.97 Å². The second kappa shape index (κ2) is 8.63. The van der Waals surface area contributed by atoms with Gasteiger partial charge >= 0.3 is 0 Å². The van der Waals surface area contributed by atoms with Crippen molar-refractivity contribution in [1.29, 1.82) is 0 Å². The monoisotopic (exact) mass is 398 g/mol. The molecule has 0 aliphatic carbocycles. The van der Waals surface area contributed by atoms with Crippen LogP contribution in [0, 0.1) is 26.7 Å². The summed E-state index contributed by atoms with van der Waals surface area (Å²) in [5.74, 6) is 0.910. The Labute approximate surface area is 171 Å². The molecule has 4 rings (SSSR count). The average Bonchev–Trinajstić information content (AvgIpc) is 2.74. The molecule has 0 unspecified atom stereocenters. The standard InChI is InChI=1S/C22H30N4O3/c1-14-10-19-16(3)24-22(25-20(19)11-15(14)2)26-6-4-17(5-7-26)21(27)23-12-18-13-28-8-9-29-18/h10-11,17-18H,4-9,12-13H2,1-3H3,(H,23,27)/t18-/m0/s1. The molecule has 7 nitrogen and oxygen atoms in total. The van der Waals surface area contributed by atoms with Crippen molar-refractivity contribution in [1.82, 2.24) is 15.3 Å². The van der Waals surface area contributed by atoms with Gasteiger partial charge in [-0.1, -0.05) is 0 Å². The Hall–Kier alpha value is -2.25. The summed E-state index contributed by atoms with van der Waals surface area (Å²) >= 11 is 0. The molecule has 7 heteroatoms. The molecule has 1 N–H and O–H groups in total. The third-order valence-corrected chi connectivity index (χ3v) is 6.03. The first-order chi connectivity index (χ1) is 14.0. The van der Waals surface area contributed by atoms with Crippen LogP contribution in [-0.4, -0.2) is 61.4 Å². The summed E-state index contributed by atoms with van der Waals surface area (Å²) in [6.45, 7) is 10.2. The molecular formula is C22H30N4O3. The lowest BCUT2D eigenvalue weighted by molar-refractivity contribution is -0.128. The van der Waals surface area contributed by atoms with Gasteiger partial charge in [0.05, 0.1) is 37.1 Å². The van der Waals surface area contributed by atoms with Crippen LogP contribution in [0.15, 0.2) is 12.1 Å². The number of hydrogen-bond donors (Lipinski definition) is 1. The van der Waals surface area contributed by atoms with Gasteiger partial charge in [-0.15, -0.1) is 0 Å². The number of nitrogens with one attached hydrogen (secondary N) is 1. The Bertz CT molecular complexity index is 887. The van der Waals surface area contributed by atoms with Crippen LogP contribution in [0.25, 0.3) is 10.9 Å². The van der Waals surface area contributed by atoms with Crippen molar-refractivity contribution in [3.8, 4) is 0 Å². The molecular weight excluding hydrogens is 368 g/mol. The summed E-state index contributed by atoms with van der Waals surface area (Å²) in [5.41, 5.74) is 4.49. The molecule has 2 aromatic rings. The van der Waals surface area contributed by atoms with Crippen molar-refractivity contribution < 1.29 is 14.3 Å². The minimum Gasteiger partial charge on any atom is -0.376 e. The van der Waals surface area contributed by atoms with E-state index in [4.69, 9.17) is 19.4 Å². The Morgan fingerprint density at radius 2 is 1.90 bits per heavy atom. The topological polar surface area (TPSA) is 76.6 Å². The molecule has 0 bridgehead atoms. The van der Waals surface area contributed by atoms with E-state index in [-0.39, 0.29) is 17.9 Å². The lowest BCUT2D eigenvalue weighted by atomic mass is 9.96. The molecule has 0 radical (unpaired) electrons.